The Balaban J connectivity index is 2.31. The summed E-state index contributed by atoms with van der Waals surface area (Å²) in [6.07, 6.45) is 0. The van der Waals surface area contributed by atoms with Crippen molar-refractivity contribution in [2.75, 3.05) is 5.32 Å². The Kier molecular flexibility index (Phi) is 4.47. The number of aryl methyl sites for hydroxylation is 1. The van der Waals surface area contributed by atoms with Gasteiger partial charge in [0.1, 0.15) is 11.4 Å². The molecule has 0 aliphatic rings. The lowest BCUT2D eigenvalue weighted by atomic mass is 10.0. The summed E-state index contributed by atoms with van der Waals surface area (Å²) in [5, 5.41) is 24.2. The highest BCUT2D eigenvalue weighted by molar-refractivity contribution is 9.10. The number of halogens is 1. The largest absolute Gasteiger partial charge is 0.508 e. The van der Waals surface area contributed by atoms with Crippen molar-refractivity contribution in [3.63, 3.8) is 0 Å². The minimum atomic E-state index is -0.436. The van der Waals surface area contributed by atoms with Gasteiger partial charge in [0.25, 0.3) is 5.69 Å². The molecule has 2 rings (SSSR count). The summed E-state index contributed by atoms with van der Waals surface area (Å²) < 4.78 is 0.644. The van der Waals surface area contributed by atoms with E-state index >= 15 is 0 Å². The van der Waals surface area contributed by atoms with Gasteiger partial charge in [-0.05, 0) is 37.6 Å². The summed E-state index contributed by atoms with van der Waals surface area (Å²) in [6.45, 7) is 3.73. The Morgan fingerprint density at radius 2 is 2.00 bits per heavy atom. The van der Waals surface area contributed by atoms with Crippen LogP contribution in [-0.2, 0) is 0 Å². The van der Waals surface area contributed by atoms with E-state index < -0.39 is 4.92 Å². The second kappa shape index (κ2) is 6.13. The molecule has 0 heterocycles. The Labute approximate surface area is 130 Å². The normalized spacial score (nSPS) is 12.0. The van der Waals surface area contributed by atoms with Gasteiger partial charge in [-0.3, -0.25) is 10.1 Å². The van der Waals surface area contributed by atoms with E-state index in [1.807, 2.05) is 26.0 Å². The Morgan fingerprint density at radius 3 is 2.62 bits per heavy atom. The molecule has 0 aliphatic heterocycles. The van der Waals surface area contributed by atoms with Crippen LogP contribution in [0.4, 0.5) is 11.4 Å². The van der Waals surface area contributed by atoms with Crippen LogP contribution in [0.5, 0.6) is 5.75 Å². The fraction of sp³-hybridized carbons (Fsp3) is 0.200. The van der Waals surface area contributed by atoms with Crippen molar-refractivity contribution in [2.24, 2.45) is 0 Å². The number of nitrogens with one attached hydrogen (secondary N) is 1. The SMILES string of the molecule is Cc1ccc(C(C)Nc2ccc(Br)cc2[N+](=O)[O-])c(O)c1. The lowest BCUT2D eigenvalue weighted by molar-refractivity contribution is -0.384. The standard InChI is InChI=1S/C15H15BrN2O3/c1-9-3-5-12(15(19)7-9)10(2)17-13-6-4-11(16)8-14(13)18(20)21/h3-8,10,17,19H,1-2H3. The first-order valence-corrected chi connectivity index (χ1v) is 7.18. The Morgan fingerprint density at radius 1 is 1.29 bits per heavy atom. The van der Waals surface area contributed by atoms with E-state index in [-0.39, 0.29) is 17.5 Å². The van der Waals surface area contributed by atoms with Crippen LogP contribution in [0.2, 0.25) is 0 Å². The molecular weight excluding hydrogens is 336 g/mol. The highest BCUT2D eigenvalue weighted by atomic mass is 79.9. The minimum absolute atomic E-state index is 0.0113. The van der Waals surface area contributed by atoms with Crippen molar-refractivity contribution in [1.82, 2.24) is 0 Å². The molecule has 0 spiro atoms. The minimum Gasteiger partial charge on any atom is -0.508 e. The molecule has 5 nitrogen and oxygen atoms in total. The molecule has 6 heteroatoms. The third-order valence-corrected chi connectivity index (χ3v) is 3.67. The van der Waals surface area contributed by atoms with Crippen molar-refractivity contribution < 1.29 is 10.0 Å². The van der Waals surface area contributed by atoms with Crippen LogP contribution < -0.4 is 5.32 Å². The van der Waals surface area contributed by atoms with Crippen LogP contribution >= 0.6 is 15.9 Å². The number of rotatable bonds is 4. The zero-order chi connectivity index (χ0) is 15.6. The fourth-order valence-electron chi connectivity index (χ4n) is 2.11. The first-order valence-electron chi connectivity index (χ1n) is 6.38. The van der Waals surface area contributed by atoms with Crippen LogP contribution in [-0.4, -0.2) is 10.0 Å². The summed E-state index contributed by atoms with van der Waals surface area (Å²) >= 11 is 3.22. The van der Waals surface area contributed by atoms with E-state index in [0.29, 0.717) is 15.7 Å². The van der Waals surface area contributed by atoms with E-state index in [9.17, 15) is 15.2 Å². The molecule has 2 N–H and O–H groups in total. The first-order chi connectivity index (χ1) is 9.88. The molecule has 1 unspecified atom stereocenters. The quantitative estimate of drug-likeness (QED) is 0.626. The van der Waals surface area contributed by atoms with Crippen molar-refractivity contribution in [3.05, 3.63) is 62.1 Å². The number of aromatic hydroxyl groups is 1. The number of hydrogen-bond donors (Lipinski definition) is 2. The van der Waals surface area contributed by atoms with E-state index in [0.717, 1.165) is 5.56 Å². The van der Waals surface area contributed by atoms with Gasteiger partial charge in [-0.25, -0.2) is 0 Å². The number of benzene rings is 2. The number of phenolic OH excluding ortho intramolecular Hbond substituents is 1. The summed E-state index contributed by atoms with van der Waals surface area (Å²) in [4.78, 5) is 10.7. The molecule has 0 saturated carbocycles. The van der Waals surface area contributed by atoms with Gasteiger partial charge in [-0.1, -0.05) is 28.1 Å². The summed E-state index contributed by atoms with van der Waals surface area (Å²) in [7, 11) is 0. The highest BCUT2D eigenvalue weighted by Crippen LogP contribution is 2.33. The maximum absolute atomic E-state index is 11.1. The van der Waals surface area contributed by atoms with Crippen LogP contribution in [0.15, 0.2) is 40.9 Å². The maximum Gasteiger partial charge on any atom is 0.293 e. The number of anilines is 1. The predicted octanol–water partition coefficient (Wildman–Crippen LogP) is 4.54. The van der Waals surface area contributed by atoms with Crippen LogP contribution in [0.3, 0.4) is 0 Å². The molecule has 0 radical (unpaired) electrons. The zero-order valence-electron chi connectivity index (χ0n) is 11.6. The topological polar surface area (TPSA) is 75.4 Å². The van der Waals surface area contributed by atoms with Gasteiger partial charge < -0.3 is 10.4 Å². The first kappa shape index (κ1) is 15.3. The number of hydrogen-bond acceptors (Lipinski definition) is 4. The van der Waals surface area contributed by atoms with Crippen LogP contribution in [0, 0.1) is 17.0 Å². The molecule has 0 amide bonds. The van der Waals surface area contributed by atoms with Gasteiger partial charge in [-0.2, -0.15) is 0 Å². The third-order valence-electron chi connectivity index (χ3n) is 3.18. The number of nitro groups is 1. The maximum atomic E-state index is 11.1. The molecule has 0 saturated heterocycles. The molecule has 0 bridgehead atoms. The zero-order valence-corrected chi connectivity index (χ0v) is 13.2. The van der Waals surface area contributed by atoms with Crippen molar-refractivity contribution in [1.29, 1.82) is 0 Å². The Hall–Kier alpha value is -2.08. The monoisotopic (exact) mass is 350 g/mol. The molecule has 2 aromatic carbocycles. The van der Waals surface area contributed by atoms with E-state index in [2.05, 4.69) is 21.2 Å². The number of nitrogens with zero attached hydrogens (tertiary/aromatic N) is 1. The van der Waals surface area contributed by atoms with Gasteiger partial charge in [0.05, 0.1) is 11.0 Å². The smallest absolute Gasteiger partial charge is 0.293 e. The molecule has 1 atom stereocenters. The average Bonchev–Trinajstić information content (AvgIpc) is 2.40. The van der Waals surface area contributed by atoms with Gasteiger partial charge in [0.2, 0.25) is 0 Å². The Bertz CT molecular complexity index is 689. The summed E-state index contributed by atoms with van der Waals surface area (Å²) in [6, 6.07) is 9.94. The molecule has 2 aromatic rings. The molecule has 0 aromatic heterocycles. The van der Waals surface area contributed by atoms with Gasteiger partial charge >= 0.3 is 0 Å². The number of nitro benzene ring substituents is 1. The second-order valence-electron chi connectivity index (χ2n) is 4.85. The van der Waals surface area contributed by atoms with Crippen molar-refractivity contribution in [3.8, 4) is 5.75 Å². The van der Waals surface area contributed by atoms with E-state index in [1.54, 1.807) is 18.2 Å². The molecule has 0 aliphatic carbocycles. The lowest BCUT2D eigenvalue weighted by Gasteiger charge is -2.17. The van der Waals surface area contributed by atoms with Gasteiger partial charge in [0, 0.05) is 16.1 Å². The molecule has 110 valence electrons. The van der Waals surface area contributed by atoms with Crippen molar-refractivity contribution in [2.45, 2.75) is 19.9 Å². The molecule has 21 heavy (non-hydrogen) atoms. The predicted molar refractivity (Wildman–Crippen MR) is 85.7 cm³/mol. The van der Waals surface area contributed by atoms with E-state index in [4.69, 9.17) is 0 Å². The lowest BCUT2D eigenvalue weighted by Crippen LogP contribution is -2.08. The van der Waals surface area contributed by atoms with Gasteiger partial charge in [-0.15, -0.1) is 0 Å². The summed E-state index contributed by atoms with van der Waals surface area (Å²) in [5.41, 5.74) is 2.05. The second-order valence-corrected chi connectivity index (χ2v) is 5.76. The fourth-order valence-corrected chi connectivity index (χ4v) is 2.46. The average molecular weight is 351 g/mol. The summed E-state index contributed by atoms with van der Waals surface area (Å²) in [5.74, 6) is 0.176. The van der Waals surface area contributed by atoms with Crippen LogP contribution in [0.25, 0.3) is 0 Å². The third kappa shape index (κ3) is 3.52. The van der Waals surface area contributed by atoms with E-state index in [1.165, 1.54) is 6.07 Å². The highest BCUT2D eigenvalue weighted by Gasteiger charge is 2.18. The molecule has 0 fully saturated rings. The van der Waals surface area contributed by atoms with Crippen molar-refractivity contribution >= 4 is 27.3 Å². The van der Waals surface area contributed by atoms with Gasteiger partial charge in [0.15, 0.2) is 0 Å². The van der Waals surface area contributed by atoms with Crippen LogP contribution in [0.1, 0.15) is 24.1 Å². The number of phenols is 1. The molecular formula is C15H15BrN2O3.